The minimum absolute atomic E-state index is 0. The molecule has 0 aliphatic carbocycles. The molecule has 0 amide bonds. The largest absolute Gasteiger partial charge is 0.493 e. The van der Waals surface area contributed by atoms with Crippen molar-refractivity contribution in [3.8, 4) is 11.5 Å². The van der Waals surface area contributed by atoms with Crippen molar-refractivity contribution in [1.82, 2.24) is 0 Å². The predicted molar refractivity (Wildman–Crippen MR) is 130 cm³/mol. The zero-order chi connectivity index (χ0) is 19.8. The SMILES string of the molecule is COc1ccc(NC(N)=NCC(c2ccccc2)c2ccccc2)cc1OC.I. The highest BCUT2D eigenvalue weighted by Gasteiger charge is 2.13. The van der Waals surface area contributed by atoms with Gasteiger partial charge in [-0.1, -0.05) is 60.7 Å². The standard InChI is InChI=1S/C23H25N3O2.HI/c1-27-21-14-13-19(15-22(21)28-2)26-23(24)25-16-20(17-9-5-3-6-10-17)18-11-7-4-8-12-18;/h3-15,20H,16H2,1-2H3,(H3,24,25,26);1H. The van der Waals surface area contributed by atoms with Crippen molar-refractivity contribution in [1.29, 1.82) is 0 Å². The third-order valence-corrected chi connectivity index (χ3v) is 4.50. The molecule has 0 radical (unpaired) electrons. The summed E-state index contributed by atoms with van der Waals surface area (Å²) in [6, 6.07) is 26.2. The normalized spacial score (nSPS) is 10.9. The Balaban J connectivity index is 0.00000300. The molecule has 3 N–H and O–H groups in total. The lowest BCUT2D eigenvalue weighted by atomic mass is 9.91. The summed E-state index contributed by atoms with van der Waals surface area (Å²) in [6.07, 6.45) is 0. The summed E-state index contributed by atoms with van der Waals surface area (Å²) in [6.45, 7) is 0.542. The Morgan fingerprint density at radius 2 is 1.41 bits per heavy atom. The van der Waals surface area contributed by atoms with E-state index in [1.165, 1.54) is 11.1 Å². The molecule has 5 nitrogen and oxygen atoms in total. The number of anilines is 1. The Morgan fingerprint density at radius 3 is 1.93 bits per heavy atom. The van der Waals surface area contributed by atoms with Crippen LogP contribution in [0.4, 0.5) is 5.69 Å². The van der Waals surface area contributed by atoms with Crippen LogP contribution in [-0.2, 0) is 0 Å². The lowest BCUT2D eigenvalue weighted by Gasteiger charge is -2.17. The van der Waals surface area contributed by atoms with Gasteiger partial charge in [-0.2, -0.15) is 0 Å². The summed E-state index contributed by atoms with van der Waals surface area (Å²) in [5, 5.41) is 3.12. The fourth-order valence-corrected chi connectivity index (χ4v) is 3.06. The maximum atomic E-state index is 6.14. The summed E-state index contributed by atoms with van der Waals surface area (Å²) in [5.41, 5.74) is 9.34. The Bertz CT molecular complexity index is 878. The molecule has 0 bridgehead atoms. The van der Waals surface area contributed by atoms with E-state index < -0.39 is 0 Å². The van der Waals surface area contributed by atoms with Gasteiger partial charge in [0.15, 0.2) is 17.5 Å². The van der Waals surface area contributed by atoms with Crippen molar-refractivity contribution in [2.75, 3.05) is 26.1 Å². The number of rotatable bonds is 7. The van der Waals surface area contributed by atoms with Gasteiger partial charge in [-0.15, -0.1) is 24.0 Å². The van der Waals surface area contributed by atoms with Crippen molar-refractivity contribution >= 4 is 35.6 Å². The number of ether oxygens (including phenoxy) is 2. The van der Waals surface area contributed by atoms with Crippen LogP contribution in [0.2, 0.25) is 0 Å². The monoisotopic (exact) mass is 503 g/mol. The molecule has 6 heteroatoms. The molecule has 0 aliphatic rings. The third-order valence-electron chi connectivity index (χ3n) is 4.50. The molecule has 0 heterocycles. The highest BCUT2D eigenvalue weighted by atomic mass is 127. The van der Waals surface area contributed by atoms with Gasteiger partial charge in [0.1, 0.15) is 0 Å². The molecule has 152 valence electrons. The summed E-state index contributed by atoms with van der Waals surface area (Å²) in [5.74, 6) is 1.78. The fraction of sp³-hybridized carbons (Fsp3) is 0.174. The van der Waals surface area contributed by atoms with Crippen LogP contribution in [0, 0.1) is 0 Å². The van der Waals surface area contributed by atoms with E-state index in [2.05, 4.69) is 34.6 Å². The number of nitrogens with zero attached hydrogens (tertiary/aromatic N) is 1. The second-order valence-electron chi connectivity index (χ2n) is 6.29. The van der Waals surface area contributed by atoms with Crippen LogP contribution in [0.5, 0.6) is 11.5 Å². The number of nitrogens with two attached hydrogens (primary N) is 1. The smallest absolute Gasteiger partial charge is 0.193 e. The number of hydrogen-bond acceptors (Lipinski definition) is 3. The molecule has 0 atom stereocenters. The van der Waals surface area contributed by atoms with Gasteiger partial charge in [0.25, 0.3) is 0 Å². The highest BCUT2D eigenvalue weighted by Crippen LogP contribution is 2.29. The van der Waals surface area contributed by atoms with Crippen LogP contribution >= 0.6 is 24.0 Å². The van der Waals surface area contributed by atoms with Crippen LogP contribution in [0.3, 0.4) is 0 Å². The molecule has 29 heavy (non-hydrogen) atoms. The van der Waals surface area contributed by atoms with E-state index in [1.807, 2.05) is 54.6 Å². The van der Waals surface area contributed by atoms with Crippen molar-refractivity contribution in [2.45, 2.75) is 5.92 Å². The summed E-state index contributed by atoms with van der Waals surface area (Å²) >= 11 is 0. The second kappa shape index (κ2) is 11.3. The van der Waals surface area contributed by atoms with Crippen LogP contribution in [0.25, 0.3) is 0 Å². The Labute approximate surface area is 189 Å². The number of methoxy groups -OCH3 is 2. The van der Waals surface area contributed by atoms with Crippen molar-refractivity contribution in [2.24, 2.45) is 10.7 Å². The number of aliphatic imine (C=N–C) groups is 1. The fourth-order valence-electron chi connectivity index (χ4n) is 3.06. The molecule has 0 spiro atoms. The summed E-state index contributed by atoms with van der Waals surface area (Å²) in [4.78, 5) is 4.58. The van der Waals surface area contributed by atoms with Gasteiger partial charge in [0.2, 0.25) is 0 Å². The van der Waals surface area contributed by atoms with E-state index in [-0.39, 0.29) is 29.9 Å². The van der Waals surface area contributed by atoms with E-state index >= 15 is 0 Å². The van der Waals surface area contributed by atoms with Crippen LogP contribution in [0.15, 0.2) is 83.9 Å². The van der Waals surface area contributed by atoms with Crippen LogP contribution in [0.1, 0.15) is 17.0 Å². The van der Waals surface area contributed by atoms with E-state index in [4.69, 9.17) is 15.2 Å². The van der Waals surface area contributed by atoms with Crippen LogP contribution in [-0.4, -0.2) is 26.7 Å². The van der Waals surface area contributed by atoms with Gasteiger partial charge in [-0.25, -0.2) is 0 Å². The van der Waals surface area contributed by atoms with E-state index in [0.717, 1.165) is 5.69 Å². The van der Waals surface area contributed by atoms with E-state index in [0.29, 0.717) is 24.0 Å². The van der Waals surface area contributed by atoms with E-state index in [1.54, 1.807) is 14.2 Å². The van der Waals surface area contributed by atoms with Crippen molar-refractivity contribution in [3.05, 3.63) is 90.0 Å². The Morgan fingerprint density at radius 1 is 0.862 bits per heavy atom. The van der Waals surface area contributed by atoms with E-state index in [9.17, 15) is 0 Å². The minimum atomic E-state index is 0. The molecular weight excluding hydrogens is 477 g/mol. The zero-order valence-corrected chi connectivity index (χ0v) is 18.9. The first-order chi connectivity index (χ1) is 13.7. The van der Waals surface area contributed by atoms with Crippen LogP contribution < -0.4 is 20.5 Å². The summed E-state index contributed by atoms with van der Waals surface area (Å²) in [7, 11) is 3.21. The maximum absolute atomic E-state index is 6.14. The number of guanidine groups is 1. The lowest BCUT2D eigenvalue weighted by Crippen LogP contribution is -2.23. The quantitative estimate of drug-likeness (QED) is 0.274. The number of hydrogen-bond donors (Lipinski definition) is 2. The molecular formula is C23H26IN3O2. The topological polar surface area (TPSA) is 68.9 Å². The first kappa shape index (κ1) is 22.5. The van der Waals surface area contributed by atoms with Crippen molar-refractivity contribution in [3.63, 3.8) is 0 Å². The third kappa shape index (κ3) is 6.12. The van der Waals surface area contributed by atoms with Gasteiger partial charge in [-0.3, -0.25) is 4.99 Å². The summed E-state index contributed by atoms with van der Waals surface area (Å²) < 4.78 is 10.6. The number of nitrogens with one attached hydrogen (secondary N) is 1. The first-order valence-corrected chi connectivity index (χ1v) is 9.10. The van der Waals surface area contributed by atoms with Gasteiger partial charge in [-0.05, 0) is 23.3 Å². The molecule has 0 aliphatic heterocycles. The molecule has 0 fully saturated rings. The highest BCUT2D eigenvalue weighted by molar-refractivity contribution is 14.0. The molecule has 0 unspecified atom stereocenters. The molecule has 3 aromatic rings. The molecule has 0 saturated carbocycles. The first-order valence-electron chi connectivity index (χ1n) is 9.10. The zero-order valence-electron chi connectivity index (χ0n) is 16.5. The Kier molecular flexibility index (Phi) is 8.79. The van der Waals surface area contributed by atoms with Gasteiger partial charge < -0.3 is 20.5 Å². The molecule has 0 aromatic heterocycles. The van der Waals surface area contributed by atoms with Crippen molar-refractivity contribution < 1.29 is 9.47 Å². The van der Waals surface area contributed by atoms with Gasteiger partial charge >= 0.3 is 0 Å². The van der Waals surface area contributed by atoms with Gasteiger partial charge in [0.05, 0.1) is 20.8 Å². The number of halogens is 1. The second-order valence-corrected chi connectivity index (χ2v) is 6.29. The molecule has 3 rings (SSSR count). The average Bonchev–Trinajstić information content (AvgIpc) is 2.75. The predicted octanol–water partition coefficient (Wildman–Crippen LogP) is 4.88. The molecule has 0 saturated heterocycles. The average molecular weight is 503 g/mol. The maximum Gasteiger partial charge on any atom is 0.193 e. The Hall–Kier alpha value is -2.74. The van der Waals surface area contributed by atoms with Gasteiger partial charge in [0, 0.05) is 17.7 Å². The molecule has 3 aromatic carbocycles. The number of benzene rings is 3. The minimum Gasteiger partial charge on any atom is -0.493 e. The lowest BCUT2D eigenvalue weighted by molar-refractivity contribution is 0.355.